The molecular formula is C27H33N3O3. The van der Waals surface area contributed by atoms with Crippen molar-refractivity contribution in [2.75, 3.05) is 13.1 Å². The van der Waals surface area contributed by atoms with Crippen LogP contribution in [0.25, 0.3) is 0 Å². The summed E-state index contributed by atoms with van der Waals surface area (Å²) in [6, 6.07) is 17.1. The van der Waals surface area contributed by atoms with Crippen molar-refractivity contribution in [1.29, 1.82) is 0 Å². The molecule has 2 aliphatic rings. The monoisotopic (exact) mass is 447 g/mol. The molecular weight excluding hydrogens is 414 g/mol. The van der Waals surface area contributed by atoms with Gasteiger partial charge >= 0.3 is 0 Å². The first-order valence-electron chi connectivity index (χ1n) is 12.0. The number of hydrogen-bond acceptors (Lipinski definition) is 3. The minimum absolute atomic E-state index is 0.0105. The van der Waals surface area contributed by atoms with Crippen molar-refractivity contribution in [3.05, 3.63) is 71.3 Å². The molecule has 2 aromatic rings. The van der Waals surface area contributed by atoms with Crippen LogP contribution < -0.4 is 10.6 Å². The van der Waals surface area contributed by atoms with Gasteiger partial charge in [-0.2, -0.15) is 0 Å². The molecule has 6 heteroatoms. The van der Waals surface area contributed by atoms with E-state index in [1.165, 1.54) is 0 Å². The van der Waals surface area contributed by atoms with Crippen molar-refractivity contribution in [2.45, 2.75) is 57.5 Å². The first-order valence-corrected chi connectivity index (χ1v) is 12.0. The van der Waals surface area contributed by atoms with Crippen LogP contribution in [-0.4, -0.2) is 47.8 Å². The maximum Gasteiger partial charge on any atom is 0.251 e. The molecule has 1 saturated carbocycles. The van der Waals surface area contributed by atoms with Gasteiger partial charge < -0.3 is 15.5 Å². The standard InChI is InChI=1S/C27H33N3O3/c1-19-7-10-22(11-8-19)26(32)29-25(27(33)28-23-12-13-23)21-15-17-30(18-16-21)24(31)14-9-20-5-3-2-4-6-20/h2-8,10-11,21,23,25H,9,12-18H2,1H3,(H,28,33)(H,29,32)/t25-/m1/s1. The molecule has 33 heavy (non-hydrogen) atoms. The predicted octanol–water partition coefficient (Wildman–Crippen LogP) is 3.24. The van der Waals surface area contributed by atoms with E-state index in [9.17, 15) is 14.4 Å². The fourth-order valence-corrected chi connectivity index (χ4v) is 4.38. The lowest BCUT2D eigenvalue weighted by atomic mass is 9.88. The van der Waals surface area contributed by atoms with Gasteiger partial charge in [-0.3, -0.25) is 14.4 Å². The highest BCUT2D eigenvalue weighted by molar-refractivity contribution is 5.97. The van der Waals surface area contributed by atoms with Crippen LogP contribution in [-0.2, 0) is 16.0 Å². The number of piperidine rings is 1. The van der Waals surface area contributed by atoms with Crippen LogP contribution in [0, 0.1) is 12.8 Å². The number of rotatable bonds is 8. The van der Waals surface area contributed by atoms with Crippen molar-refractivity contribution in [3.8, 4) is 0 Å². The molecule has 0 spiro atoms. The lowest BCUT2D eigenvalue weighted by Gasteiger charge is -2.36. The molecule has 0 unspecified atom stereocenters. The number of aryl methyl sites for hydroxylation is 2. The van der Waals surface area contributed by atoms with Crippen LogP contribution >= 0.6 is 0 Å². The van der Waals surface area contributed by atoms with Crippen molar-refractivity contribution < 1.29 is 14.4 Å². The van der Waals surface area contributed by atoms with Gasteiger partial charge in [0.1, 0.15) is 6.04 Å². The summed E-state index contributed by atoms with van der Waals surface area (Å²) < 4.78 is 0. The van der Waals surface area contributed by atoms with E-state index in [2.05, 4.69) is 10.6 Å². The zero-order valence-electron chi connectivity index (χ0n) is 19.3. The number of carbonyl (C=O) groups excluding carboxylic acids is 3. The number of carbonyl (C=O) groups is 3. The third kappa shape index (κ3) is 6.44. The van der Waals surface area contributed by atoms with E-state index in [1.807, 2.05) is 54.3 Å². The van der Waals surface area contributed by atoms with Gasteiger partial charge in [-0.1, -0.05) is 48.0 Å². The second-order valence-electron chi connectivity index (χ2n) is 9.30. The van der Waals surface area contributed by atoms with Crippen molar-refractivity contribution in [2.24, 2.45) is 5.92 Å². The Labute approximate surface area is 195 Å². The molecule has 1 aliphatic carbocycles. The van der Waals surface area contributed by atoms with E-state index in [0.29, 0.717) is 37.9 Å². The van der Waals surface area contributed by atoms with Gasteiger partial charge in [-0.25, -0.2) is 0 Å². The number of benzene rings is 2. The van der Waals surface area contributed by atoms with Crippen LogP contribution in [0.3, 0.4) is 0 Å². The molecule has 1 atom stereocenters. The van der Waals surface area contributed by atoms with Gasteiger partial charge in [0.05, 0.1) is 0 Å². The van der Waals surface area contributed by atoms with E-state index < -0.39 is 6.04 Å². The Bertz CT molecular complexity index is 962. The van der Waals surface area contributed by atoms with Crippen LogP contribution in [0.2, 0.25) is 0 Å². The molecule has 1 aliphatic heterocycles. The van der Waals surface area contributed by atoms with Gasteiger partial charge in [0, 0.05) is 31.1 Å². The van der Waals surface area contributed by atoms with Gasteiger partial charge in [0.2, 0.25) is 11.8 Å². The number of likely N-dealkylation sites (tertiary alicyclic amines) is 1. The molecule has 1 saturated heterocycles. The van der Waals surface area contributed by atoms with E-state index in [4.69, 9.17) is 0 Å². The van der Waals surface area contributed by atoms with E-state index in [1.54, 1.807) is 12.1 Å². The SMILES string of the molecule is Cc1ccc(C(=O)N[C@@H](C(=O)NC2CC2)C2CCN(C(=O)CCc3ccccc3)CC2)cc1. The molecule has 174 valence electrons. The largest absolute Gasteiger partial charge is 0.352 e. The summed E-state index contributed by atoms with van der Waals surface area (Å²) in [5, 5.41) is 6.05. The zero-order chi connectivity index (χ0) is 23.2. The molecule has 1 heterocycles. The van der Waals surface area contributed by atoms with Crippen molar-refractivity contribution in [1.82, 2.24) is 15.5 Å². The van der Waals surface area contributed by atoms with Gasteiger partial charge in [-0.05, 0) is 62.6 Å². The lowest BCUT2D eigenvalue weighted by Crippen LogP contribution is -2.54. The smallest absolute Gasteiger partial charge is 0.251 e. The normalized spacial score (nSPS) is 17.3. The highest BCUT2D eigenvalue weighted by Crippen LogP contribution is 2.24. The third-order valence-electron chi connectivity index (χ3n) is 6.64. The highest BCUT2D eigenvalue weighted by Gasteiger charge is 2.36. The van der Waals surface area contributed by atoms with Gasteiger partial charge in [0.25, 0.3) is 5.91 Å². The van der Waals surface area contributed by atoms with Crippen molar-refractivity contribution >= 4 is 17.7 Å². The molecule has 2 N–H and O–H groups in total. The second kappa shape index (κ2) is 10.6. The van der Waals surface area contributed by atoms with Crippen LogP contribution in [0.4, 0.5) is 0 Å². The Kier molecular flexibility index (Phi) is 7.43. The Balaban J connectivity index is 1.34. The average Bonchev–Trinajstić information content (AvgIpc) is 3.66. The first kappa shape index (κ1) is 23.0. The summed E-state index contributed by atoms with van der Waals surface area (Å²) in [5.41, 5.74) is 2.80. The first-order chi connectivity index (χ1) is 16.0. The minimum Gasteiger partial charge on any atom is -0.352 e. The topological polar surface area (TPSA) is 78.5 Å². The molecule has 6 nitrogen and oxygen atoms in total. The molecule has 0 radical (unpaired) electrons. The summed E-state index contributed by atoms with van der Waals surface area (Å²) in [4.78, 5) is 40.4. The number of amides is 3. The Morgan fingerprint density at radius 3 is 2.24 bits per heavy atom. The average molecular weight is 448 g/mol. The van der Waals surface area contributed by atoms with E-state index in [0.717, 1.165) is 30.4 Å². The van der Waals surface area contributed by atoms with Crippen LogP contribution in [0.1, 0.15) is 53.6 Å². The second-order valence-corrected chi connectivity index (χ2v) is 9.30. The molecule has 2 aromatic carbocycles. The quantitative estimate of drug-likeness (QED) is 0.652. The Hall–Kier alpha value is -3.15. The maximum absolute atomic E-state index is 13.0. The summed E-state index contributed by atoms with van der Waals surface area (Å²) in [5.74, 6) is -0.171. The summed E-state index contributed by atoms with van der Waals surface area (Å²) >= 11 is 0. The Morgan fingerprint density at radius 1 is 0.939 bits per heavy atom. The number of hydrogen-bond donors (Lipinski definition) is 2. The summed E-state index contributed by atoms with van der Waals surface area (Å²) in [6.45, 7) is 3.21. The molecule has 2 fully saturated rings. The summed E-state index contributed by atoms with van der Waals surface area (Å²) in [6.07, 6.45) is 4.63. The lowest BCUT2D eigenvalue weighted by molar-refractivity contribution is -0.133. The third-order valence-corrected chi connectivity index (χ3v) is 6.64. The van der Waals surface area contributed by atoms with Gasteiger partial charge in [-0.15, -0.1) is 0 Å². The molecule has 0 aromatic heterocycles. The number of nitrogens with zero attached hydrogens (tertiary/aromatic N) is 1. The molecule has 4 rings (SSSR count). The fourth-order valence-electron chi connectivity index (χ4n) is 4.38. The molecule has 0 bridgehead atoms. The Morgan fingerprint density at radius 2 is 1.61 bits per heavy atom. The van der Waals surface area contributed by atoms with E-state index in [-0.39, 0.29) is 29.7 Å². The predicted molar refractivity (Wildman–Crippen MR) is 128 cm³/mol. The van der Waals surface area contributed by atoms with Crippen LogP contribution in [0.5, 0.6) is 0 Å². The van der Waals surface area contributed by atoms with Crippen molar-refractivity contribution in [3.63, 3.8) is 0 Å². The van der Waals surface area contributed by atoms with Crippen LogP contribution in [0.15, 0.2) is 54.6 Å². The maximum atomic E-state index is 13.0. The van der Waals surface area contributed by atoms with Gasteiger partial charge in [0.15, 0.2) is 0 Å². The molecule has 3 amide bonds. The summed E-state index contributed by atoms with van der Waals surface area (Å²) in [7, 11) is 0. The zero-order valence-corrected chi connectivity index (χ0v) is 19.3. The number of nitrogens with one attached hydrogen (secondary N) is 2. The van der Waals surface area contributed by atoms with E-state index >= 15 is 0 Å². The minimum atomic E-state index is -0.582. The fraction of sp³-hybridized carbons (Fsp3) is 0.444. The highest BCUT2D eigenvalue weighted by atomic mass is 16.2.